The zero-order valence-corrected chi connectivity index (χ0v) is 14.5. The quantitative estimate of drug-likeness (QED) is 0.609. The number of aromatic nitrogens is 4. The van der Waals surface area contributed by atoms with Crippen LogP contribution in [0, 0.1) is 13.8 Å². The predicted molar refractivity (Wildman–Crippen MR) is 98.8 cm³/mol. The van der Waals surface area contributed by atoms with Crippen LogP contribution in [0.1, 0.15) is 22.9 Å². The van der Waals surface area contributed by atoms with Crippen molar-refractivity contribution in [1.29, 1.82) is 0 Å². The third kappa shape index (κ3) is 3.06. The van der Waals surface area contributed by atoms with Crippen LogP contribution in [0.25, 0.3) is 11.3 Å². The number of aryl methyl sites for hydroxylation is 2. The van der Waals surface area contributed by atoms with Crippen molar-refractivity contribution in [3.63, 3.8) is 0 Å². The molecule has 1 aromatic carbocycles. The van der Waals surface area contributed by atoms with E-state index in [2.05, 4.69) is 55.6 Å². The fraction of sp³-hybridized carbons (Fsp3) is 0.200. The molecule has 0 saturated heterocycles. The molecule has 0 radical (unpaired) electrons. The van der Waals surface area contributed by atoms with Gasteiger partial charge in [-0.25, -0.2) is 9.97 Å². The predicted octanol–water partition coefficient (Wildman–Crippen LogP) is 3.43. The molecule has 126 valence electrons. The lowest BCUT2D eigenvalue weighted by Gasteiger charge is -2.10. The SMILES string of the molecule is Cc1ncc(CNCc2cn3c(C)cccc3n2)n1-c1ccccc1. The van der Waals surface area contributed by atoms with Gasteiger partial charge in [0.1, 0.15) is 11.5 Å². The van der Waals surface area contributed by atoms with Crippen LogP contribution in [0.15, 0.2) is 60.9 Å². The van der Waals surface area contributed by atoms with E-state index in [1.165, 1.54) is 5.69 Å². The first-order chi connectivity index (χ1) is 12.2. The van der Waals surface area contributed by atoms with Crippen molar-refractivity contribution in [2.45, 2.75) is 26.9 Å². The molecule has 0 aliphatic rings. The highest BCUT2D eigenvalue weighted by Gasteiger charge is 2.09. The van der Waals surface area contributed by atoms with Crippen LogP contribution >= 0.6 is 0 Å². The number of nitrogens with one attached hydrogen (secondary N) is 1. The van der Waals surface area contributed by atoms with Crippen molar-refractivity contribution in [2.24, 2.45) is 0 Å². The Morgan fingerprint density at radius 3 is 2.60 bits per heavy atom. The summed E-state index contributed by atoms with van der Waals surface area (Å²) in [6.07, 6.45) is 4.03. The number of imidazole rings is 2. The number of rotatable bonds is 5. The molecule has 0 spiro atoms. The number of para-hydroxylation sites is 1. The molecule has 1 N–H and O–H groups in total. The summed E-state index contributed by atoms with van der Waals surface area (Å²) in [4.78, 5) is 9.14. The van der Waals surface area contributed by atoms with Gasteiger partial charge in [-0.05, 0) is 38.1 Å². The van der Waals surface area contributed by atoms with Gasteiger partial charge in [-0.15, -0.1) is 0 Å². The molecule has 0 atom stereocenters. The second kappa shape index (κ2) is 6.53. The van der Waals surface area contributed by atoms with E-state index in [0.717, 1.165) is 41.6 Å². The van der Waals surface area contributed by atoms with Gasteiger partial charge in [0.05, 0.1) is 17.6 Å². The second-order valence-corrected chi connectivity index (χ2v) is 6.20. The maximum absolute atomic E-state index is 4.67. The monoisotopic (exact) mass is 331 g/mol. The summed E-state index contributed by atoms with van der Waals surface area (Å²) in [6.45, 7) is 5.58. The van der Waals surface area contributed by atoms with Crippen molar-refractivity contribution in [1.82, 2.24) is 24.3 Å². The Labute approximate surface area is 147 Å². The lowest BCUT2D eigenvalue weighted by Crippen LogP contribution is -2.16. The first-order valence-electron chi connectivity index (χ1n) is 8.45. The molecule has 3 aromatic heterocycles. The normalized spacial score (nSPS) is 11.3. The molecule has 0 bridgehead atoms. The highest BCUT2D eigenvalue weighted by molar-refractivity contribution is 5.41. The van der Waals surface area contributed by atoms with Gasteiger partial charge in [0.2, 0.25) is 0 Å². The van der Waals surface area contributed by atoms with Crippen LogP contribution in [0.5, 0.6) is 0 Å². The van der Waals surface area contributed by atoms with E-state index in [1.54, 1.807) is 0 Å². The second-order valence-electron chi connectivity index (χ2n) is 6.20. The Morgan fingerprint density at radius 2 is 1.80 bits per heavy atom. The van der Waals surface area contributed by atoms with E-state index >= 15 is 0 Å². The molecule has 0 amide bonds. The van der Waals surface area contributed by atoms with Gasteiger partial charge in [0.25, 0.3) is 0 Å². The van der Waals surface area contributed by atoms with Gasteiger partial charge in [0.15, 0.2) is 0 Å². The van der Waals surface area contributed by atoms with E-state index in [1.807, 2.05) is 43.5 Å². The number of hydrogen-bond acceptors (Lipinski definition) is 3. The zero-order valence-electron chi connectivity index (χ0n) is 14.5. The molecule has 25 heavy (non-hydrogen) atoms. The molecule has 0 saturated carbocycles. The summed E-state index contributed by atoms with van der Waals surface area (Å²) in [6, 6.07) is 16.5. The lowest BCUT2D eigenvalue weighted by atomic mass is 10.3. The molecule has 0 aliphatic heterocycles. The molecule has 4 aromatic rings. The van der Waals surface area contributed by atoms with Crippen LogP contribution in [-0.2, 0) is 13.1 Å². The fourth-order valence-electron chi connectivity index (χ4n) is 3.15. The largest absolute Gasteiger partial charge is 0.305 e. The van der Waals surface area contributed by atoms with E-state index in [4.69, 9.17) is 0 Å². The molecular formula is C20H21N5. The Morgan fingerprint density at radius 1 is 0.960 bits per heavy atom. The van der Waals surface area contributed by atoms with E-state index in [9.17, 15) is 0 Å². The summed E-state index contributed by atoms with van der Waals surface area (Å²) >= 11 is 0. The standard InChI is InChI=1S/C20H21N5/c1-15-7-6-10-20-23-17(14-24(15)20)11-21-12-19-13-22-16(2)25(19)18-8-4-3-5-9-18/h3-10,13-14,21H,11-12H2,1-2H3. The molecule has 4 rings (SSSR count). The first kappa shape index (κ1) is 15.6. The summed E-state index contributed by atoms with van der Waals surface area (Å²) in [5.41, 5.74) is 5.49. The van der Waals surface area contributed by atoms with Crippen LogP contribution in [0.4, 0.5) is 0 Å². The van der Waals surface area contributed by atoms with E-state index < -0.39 is 0 Å². The van der Waals surface area contributed by atoms with Crippen molar-refractivity contribution in [3.05, 3.63) is 83.8 Å². The smallest absolute Gasteiger partial charge is 0.137 e. The van der Waals surface area contributed by atoms with E-state index in [0.29, 0.717) is 0 Å². The van der Waals surface area contributed by atoms with Crippen LogP contribution in [0.3, 0.4) is 0 Å². The van der Waals surface area contributed by atoms with Crippen molar-refractivity contribution in [2.75, 3.05) is 0 Å². The van der Waals surface area contributed by atoms with Crippen LogP contribution in [0.2, 0.25) is 0 Å². The third-order valence-electron chi connectivity index (χ3n) is 4.38. The van der Waals surface area contributed by atoms with Crippen molar-refractivity contribution >= 4 is 5.65 Å². The highest BCUT2D eigenvalue weighted by atomic mass is 15.1. The minimum absolute atomic E-state index is 0.722. The lowest BCUT2D eigenvalue weighted by molar-refractivity contribution is 0.658. The number of nitrogens with zero attached hydrogens (tertiary/aromatic N) is 4. The zero-order chi connectivity index (χ0) is 17.2. The van der Waals surface area contributed by atoms with Crippen LogP contribution in [-0.4, -0.2) is 18.9 Å². The summed E-state index contributed by atoms with van der Waals surface area (Å²) in [5, 5.41) is 3.49. The number of benzene rings is 1. The van der Waals surface area contributed by atoms with E-state index in [-0.39, 0.29) is 0 Å². The summed E-state index contributed by atoms with van der Waals surface area (Å²) in [7, 11) is 0. The Kier molecular flexibility index (Phi) is 4.07. The molecule has 0 unspecified atom stereocenters. The third-order valence-corrected chi connectivity index (χ3v) is 4.38. The van der Waals surface area contributed by atoms with Gasteiger partial charge >= 0.3 is 0 Å². The number of fused-ring (bicyclic) bond motifs is 1. The molecular weight excluding hydrogens is 310 g/mol. The Hall–Kier alpha value is -2.92. The topological polar surface area (TPSA) is 47.1 Å². The van der Waals surface area contributed by atoms with Crippen LogP contribution < -0.4 is 5.32 Å². The van der Waals surface area contributed by atoms with Gasteiger partial charge in [0, 0.05) is 30.7 Å². The highest BCUT2D eigenvalue weighted by Crippen LogP contribution is 2.14. The summed E-state index contributed by atoms with van der Waals surface area (Å²) in [5.74, 6) is 0.992. The maximum atomic E-state index is 4.67. The first-order valence-corrected chi connectivity index (χ1v) is 8.45. The van der Waals surface area contributed by atoms with Crippen molar-refractivity contribution in [3.8, 4) is 5.69 Å². The number of hydrogen-bond donors (Lipinski definition) is 1. The average molecular weight is 331 g/mol. The minimum atomic E-state index is 0.722. The Bertz CT molecular complexity index is 998. The fourth-order valence-corrected chi connectivity index (χ4v) is 3.15. The molecule has 0 fully saturated rings. The van der Waals surface area contributed by atoms with Crippen molar-refractivity contribution < 1.29 is 0 Å². The average Bonchev–Trinajstić information content (AvgIpc) is 3.20. The van der Waals surface area contributed by atoms with Gasteiger partial charge in [-0.2, -0.15) is 0 Å². The summed E-state index contributed by atoms with van der Waals surface area (Å²) < 4.78 is 4.30. The van der Waals surface area contributed by atoms with Gasteiger partial charge in [-0.1, -0.05) is 24.3 Å². The maximum Gasteiger partial charge on any atom is 0.137 e. The van der Waals surface area contributed by atoms with Gasteiger partial charge < -0.3 is 9.72 Å². The Balaban J connectivity index is 1.49. The molecule has 0 aliphatic carbocycles. The minimum Gasteiger partial charge on any atom is -0.305 e. The van der Waals surface area contributed by atoms with Gasteiger partial charge in [-0.3, -0.25) is 4.57 Å². The molecule has 5 nitrogen and oxygen atoms in total. The molecule has 5 heteroatoms. The molecule has 3 heterocycles. The number of pyridine rings is 1.